The Kier molecular flexibility index (Phi) is 13.9. The number of aliphatic hydroxyl groups excluding tert-OH is 3. The van der Waals surface area contributed by atoms with Crippen LogP contribution >= 0.6 is 0 Å². The Morgan fingerprint density at radius 3 is 1.75 bits per heavy atom. The first-order valence-electron chi connectivity index (χ1n) is 9.17. The van der Waals surface area contributed by atoms with Crippen molar-refractivity contribution in [1.29, 1.82) is 0 Å². The molecule has 0 saturated carbocycles. The number of rotatable bonds is 16. The Balaban J connectivity index is 3.75. The maximum atomic E-state index is 11.0. The van der Waals surface area contributed by atoms with Gasteiger partial charge in [-0.1, -0.05) is 71.1 Å². The molecule has 0 aromatic rings. The Morgan fingerprint density at radius 1 is 0.875 bits per heavy atom. The van der Waals surface area contributed by atoms with E-state index in [1.165, 1.54) is 44.9 Å². The molecular weight excluding hydrogens is 332 g/mol. The molecule has 0 bridgehead atoms. The fourth-order valence-corrected chi connectivity index (χ4v) is 3.30. The van der Waals surface area contributed by atoms with Gasteiger partial charge in [-0.25, -0.2) is 0 Å². The third kappa shape index (κ3) is 13.1. The van der Waals surface area contributed by atoms with Crippen LogP contribution in [0.25, 0.3) is 0 Å². The van der Waals surface area contributed by atoms with Gasteiger partial charge in [0.05, 0.1) is 19.0 Å². The molecule has 0 spiro atoms. The lowest BCUT2D eigenvalue weighted by Gasteiger charge is -2.24. The average molecular weight is 369 g/mol. The summed E-state index contributed by atoms with van der Waals surface area (Å²) in [4.78, 5) is 0. The van der Waals surface area contributed by atoms with Gasteiger partial charge in [-0.05, 0) is 6.42 Å². The number of hydrogen-bond acceptors (Lipinski definition) is 6. The van der Waals surface area contributed by atoms with Crippen molar-refractivity contribution in [3.63, 3.8) is 0 Å². The molecular formula is C17H36O6S. The minimum absolute atomic E-state index is 0.362. The minimum Gasteiger partial charge on any atom is -0.394 e. The molecule has 7 heteroatoms. The molecule has 0 unspecified atom stereocenters. The Bertz CT molecular complexity index is 385. The van der Waals surface area contributed by atoms with Gasteiger partial charge in [-0.2, -0.15) is 8.42 Å². The van der Waals surface area contributed by atoms with E-state index in [-0.39, 0.29) is 0 Å². The van der Waals surface area contributed by atoms with Crippen molar-refractivity contribution in [1.82, 2.24) is 0 Å². The van der Waals surface area contributed by atoms with E-state index in [1.54, 1.807) is 0 Å². The quantitative estimate of drug-likeness (QED) is 0.285. The molecule has 6 nitrogen and oxygen atoms in total. The van der Waals surface area contributed by atoms with Gasteiger partial charge in [0, 0.05) is 0 Å². The molecule has 3 N–H and O–H groups in total. The second kappa shape index (κ2) is 14.0. The van der Waals surface area contributed by atoms with E-state index >= 15 is 0 Å². The lowest BCUT2D eigenvalue weighted by atomic mass is 10.0. The summed E-state index contributed by atoms with van der Waals surface area (Å²) in [7, 11) is -3.79. The predicted octanol–water partition coefficient (Wildman–Crippen LogP) is 2.36. The molecule has 0 aromatic carbocycles. The normalized spacial score (nSPS) is 16.0. The van der Waals surface area contributed by atoms with Crippen molar-refractivity contribution in [2.75, 3.05) is 12.9 Å². The van der Waals surface area contributed by atoms with Crippen LogP contribution < -0.4 is 0 Å². The lowest BCUT2D eigenvalue weighted by molar-refractivity contribution is -0.0661. The summed E-state index contributed by atoms with van der Waals surface area (Å²) in [5, 5.41) is 28.9. The number of hydrogen-bond donors (Lipinski definition) is 3. The summed E-state index contributed by atoms with van der Waals surface area (Å²) in [6, 6.07) is 0. The summed E-state index contributed by atoms with van der Waals surface area (Å²) in [5.74, 6) is 0. The summed E-state index contributed by atoms with van der Waals surface area (Å²) in [5.41, 5.74) is 0. The largest absolute Gasteiger partial charge is 0.394 e. The van der Waals surface area contributed by atoms with Crippen LogP contribution in [0.4, 0.5) is 0 Å². The highest BCUT2D eigenvalue weighted by molar-refractivity contribution is 7.86. The smallest absolute Gasteiger partial charge is 0.264 e. The standard InChI is InChI=1S/C17H36O6S/c1-3-4-5-6-7-8-9-10-11-12-13-15(19)17(20)16(14-18)23-24(2,21)22/h15-20H,3-14H2,1-2H3/t15-,16-,17-/m1/s1. The lowest BCUT2D eigenvalue weighted by Crippen LogP contribution is -2.42. The summed E-state index contributed by atoms with van der Waals surface area (Å²) in [6.07, 6.45) is 9.10. The van der Waals surface area contributed by atoms with Crippen molar-refractivity contribution < 1.29 is 27.9 Å². The van der Waals surface area contributed by atoms with Gasteiger partial charge in [0.25, 0.3) is 10.1 Å². The SMILES string of the molecule is CCCCCCCCCCCC[C@@H](O)[C@@H](O)[C@@H](CO)OS(C)(=O)=O. The van der Waals surface area contributed by atoms with E-state index in [1.807, 2.05) is 0 Å². The molecule has 146 valence electrons. The first-order chi connectivity index (χ1) is 11.3. The van der Waals surface area contributed by atoms with E-state index in [9.17, 15) is 18.6 Å². The predicted molar refractivity (Wildman–Crippen MR) is 95.3 cm³/mol. The number of aliphatic hydroxyl groups is 3. The van der Waals surface area contributed by atoms with Crippen LogP contribution in [-0.2, 0) is 14.3 Å². The van der Waals surface area contributed by atoms with E-state index in [4.69, 9.17) is 5.11 Å². The minimum atomic E-state index is -3.79. The molecule has 0 saturated heterocycles. The Labute approximate surface area is 147 Å². The monoisotopic (exact) mass is 368 g/mol. The van der Waals surface area contributed by atoms with E-state index in [0.717, 1.165) is 25.5 Å². The Morgan fingerprint density at radius 2 is 1.33 bits per heavy atom. The summed E-state index contributed by atoms with van der Waals surface area (Å²) < 4.78 is 26.7. The highest BCUT2D eigenvalue weighted by Gasteiger charge is 2.29. The highest BCUT2D eigenvalue weighted by Crippen LogP contribution is 2.15. The van der Waals surface area contributed by atoms with E-state index < -0.39 is 35.0 Å². The van der Waals surface area contributed by atoms with Gasteiger partial charge in [-0.15, -0.1) is 0 Å². The van der Waals surface area contributed by atoms with E-state index in [2.05, 4.69) is 11.1 Å². The second-order valence-corrected chi connectivity index (χ2v) is 8.15. The molecule has 3 atom stereocenters. The first-order valence-corrected chi connectivity index (χ1v) is 11.0. The molecule has 0 rings (SSSR count). The molecule has 0 heterocycles. The molecule has 0 aliphatic heterocycles. The van der Waals surface area contributed by atoms with Gasteiger partial charge >= 0.3 is 0 Å². The van der Waals surface area contributed by atoms with Gasteiger partial charge < -0.3 is 15.3 Å². The van der Waals surface area contributed by atoms with Crippen molar-refractivity contribution in [2.45, 2.75) is 95.9 Å². The van der Waals surface area contributed by atoms with Crippen LogP contribution in [-0.4, -0.2) is 54.9 Å². The Hall–Kier alpha value is -0.210. The van der Waals surface area contributed by atoms with Gasteiger partial charge in [-0.3, -0.25) is 4.18 Å². The maximum absolute atomic E-state index is 11.0. The summed E-state index contributed by atoms with van der Waals surface area (Å²) in [6.45, 7) is 1.55. The zero-order chi connectivity index (χ0) is 18.4. The van der Waals surface area contributed by atoms with Crippen LogP contribution in [0.2, 0.25) is 0 Å². The van der Waals surface area contributed by atoms with Crippen molar-refractivity contribution >= 4 is 10.1 Å². The maximum Gasteiger partial charge on any atom is 0.264 e. The molecule has 24 heavy (non-hydrogen) atoms. The first kappa shape index (κ1) is 23.8. The zero-order valence-electron chi connectivity index (χ0n) is 15.2. The van der Waals surface area contributed by atoms with Crippen molar-refractivity contribution in [3.05, 3.63) is 0 Å². The van der Waals surface area contributed by atoms with Gasteiger partial charge in [0.2, 0.25) is 0 Å². The van der Waals surface area contributed by atoms with Crippen LogP contribution in [0.15, 0.2) is 0 Å². The van der Waals surface area contributed by atoms with Crippen LogP contribution in [0.5, 0.6) is 0 Å². The zero-order valence-corrected chi connectivity index (χ0v) is 16.0. The molecule has 0 radical (unpaired) electrons. The molecule has 0 aromatic heterocycles. The van der Waals surface area contributed by atoms with Gasteiger partial charge in [0.15, 0.2) is 0 Å². The average Bonchev–Trinajstić information content (AvgIpc) is 2.52. The van der Waals surface area contributed by atoms with Crippen molar-refractivity contribution in [3.8, 4) is 0 Å². The molecule has 0 aliphatic rings. The van der Waals surface area contributed by atoms with Crippen LogP contribution in [0.3, 0.4) is 0 Å². The van der Waals surface area contributed by atoms with E-state index in [0.29, 0.717) is 6.42 Å². The van der Waals surface area contributed by atoms with Crippen LogP contribution in [0.1, 0.15) is 77.6 Å². The molecule has 0 amide bonds. The fraction of sp³-hybridized carbons (Fsp3) is 1.00. The topological polar surface area (TPSA) is 104 Å². The fourth-order valence-electron chi connectivity index (χ4n) is 2.68. The third-order valence-electron chi connectivity index (χ3n) is 4.11. The van der Waals surface area contributed by atoms with Crippen molar-refractivity contribution in [2.24, 2.45) is 0 Å². The third-order valence-corrected chi connectivity index (χ3v) is 4.70. The number of unbranched alkanes of at least 4 members (excludes halogenated alkanes) is 9. The van der Waals surface area contributed by atoms with Crippen LogP contribution in [0, 0.1) is 0 Å². The van der Waals surface area contributed by atoms with Gasteiger partial charge in [0.1, 0.15) is 12.2 Å². The summed E-state index contributed by atoms with van der Waals surface area (Å²) >= 11 is 0. The molecule has 0 aliphatic carbocycles. The molecule has 0 fully saturated rings. The highest BCUT2D eigenvalue weighted by atomic mass is 32.2. The second-order valence-electron chi connectivity index (χ2n) is 6.55.